The number of hydrogen-bond acceptors (Lipinski definition) is 5. The predicted octanol–water partition coefficient (Wildman–Crippen LogP) is 1.02. The minimum atomic E-state index is 0.0912. The van der Waals surface area contributed by atoms with Crippen molar-refractivity contribution in [2.45, 2.75) is 46.0 Å². The number of likely N-dealkylation sites (tertiary alicyclic amines) is 2. The van der Waals surface area contributed by atoms with E-state index in [0.29, 0.717) is 24.1 Å². The summed E-state index contributed by atoms with van der Waals surface area (Å²) in [6.07, 6.45) is 3.74. The van der Waals surface area contributed by atoms with Crippen molar-refractivity contribution in [3.8, 4) is 0 Å². The van der Waals surface area contributed by atoms with Gasteiger partial charge in [0.2, 0.25) is 11.8 Å². The van der Waals surface area contributed by atoms with Crippen molar-refractivity contribution in [3.63, 3.8) is 0 Å². The Labute approximate surface area is 170 Å². The standard InChI is InChI=1S/C20H29N7O2/c1-13-8-17(24-22-13)9-19(28)27-7-5-16(12-27)15-4-3-6-26(11-15)20(29)10-18-21-14(2)23-25-18/h8,15-16H,3-7,9-12H2,1-2H3,(H,22,24)(H,21,23,25). The fourth-order valence-electron chi connectivity index (χ4n) is 4.57. The lowest BCUT2D eigenvalue weighted by Gasteiger charge is -2.35. The lowest BCUT2D eigenvalue weighted by atomic mass is 9.85. The molecule has 29 heavy (non-hydrogen) atoms. The van der Waals surface area contributed by atoms with Crippen LogP contribution in [0.1, 0.15) is 42.3 Å². The van der Waals surface area contributed by atoms with E-state index in [0.717, 1.165) is 62.7 Å². The normalized spacial score (nSPS) is 22.3. The maximum Gasteiger partial charge on any atom is 0.230 e. The molecular weight excluding hydrogens is 370 g/mol. The van der Waals surface area contributed by atoms with E-state index in [-0.39, 0.29) is 18.2 Å². The van der Waals surface area contributed by atoms with Crippen LogP contribution in [0.4, 0.5) is 0 Å². The Balaban J connectivity index is 1.29. The summed E-state index contributed by atoms with van der Waals surface area (Å²) in [6.45, 7) is 6.92. The Morgan fingerprint density at radius 1 is 1.00 bits per heavy atom. The van der Waals surface area contributed by atoms with Crippen LogP contribution in [0.3, 0.4) is 0 Å². The first-order chi connectivity index (χ1) is 14.0. The number of aryl methyl sites for hydroxylation is 2. The van der Waals surface area contributed by atoms with Crippen LogP contribution in [0.15, 0.2) is 6.07 Å². The van der Waals surface area contributed by atoms with E-state index in [1.807, 2.05) is 29.7 Å². The molecule has 4 rings (SSSR count). The molecule has 2 fully saturated rings. The second-order valence-corrected chi connectivity index (χ2v) is 8.36. The number of rotatable bonds is 5. The first kappa shape index (κ1) is 19.6. The summed E-state index contributed by atoms with van der Waals surface area (Å²) in [5, 5.41) is 13.9. The van der Waals surface area contributed by atoms with Crippen LogP contribution >= 0.6 is 0 Å². The fourth-order valence-corrected chi connectivity index (χ4v) is 4.57. The topological polar surface area (TPSA) is 111 Å². The van der Waals surface area contributed by atoms with Gasteiger partial charge in [0.05, 0.1) is 18.5 Å². The van der Waals surface area contributed by atoms with E-state index in [4.69, 9.17) is 0 Å². The van der Waals surface area contributed by atoms with Gasteiger partial charge in [0.15, 0.2) is 5.82 Å². The van der Waals surface area contributed by atoms with E-state index in [2.05, 4.69) is 25.4 Å². The summed E-state index contributed by atoms with van der Waals surface area (Å²) in [4.78, 5) is 33.5. The maximum atomic E-state index is 12.7. The summed E-state index contributed by atoms with van der Waals surface area (Å²) in [6, 6.07) is 1.92. The highest BCUT2D eigenvalue weighted by Crippen LogP contribution is 2.31. The molecule has 0 aromatic carbocycles. The maximum absolute atomic E-state index is 12.7. The molecule has 2 unspecified atom stereocenters. The van der Waals surface area contributed by atoms with Crippen LogP contribution in [0.2, 0.25) is 0 Å². The second kappa shape index (κ2) is 8.34. The largest absolute Gasteiger partial charge is 0.342 e. The summed E-state index contributed by atoms with van der Waals surface area (Å²) >= 11 is 0. The second-order valence-electron chi connectivity index (χ2n) is 8.36. The molecular formula is C20H29N7O2. The lowest BCUT2D eigenvalue weighted by Crippen LogP contribution is -2.43. The Hall–Kier alpha value is -2.71. The van der Waals surface area contributed by atoms with Crippen molar-refractivity contribution in [1.82, 2.24) is 35.2 Å². The fraction of sp³-hybridized carbons (Fsp3) is 0.650. The molecule has 4 heterocycles. The SMILES string of the molecule is Cc1cc(CC(=O)N2CCC(C3CCCN(C(=O)Cc4n[nH]c(C)n4)C3)C2)n[nH]1. The van der Waals surface area contributed by atoms with Gasteiger partial charge in [0.25, 0.3) is 0 Å². The molecule has 9 heteroatoms. The number of hydrogen-bond donors (Lipinski definition) is 2. The Kier molecular flexibility index (Phi) is 5.64. The molecule has 2 saturated heterocycles. The molecule has 0 bridgehead atoms. The zero-order valence-electron chi connectivity index (χ0n) is 17.1. The van der Waals surface area contributed by atoms with Crippen LogP contribution < -0.4 is 0 Å². The van der Waals surface area contributed by atoms with Crippen LogP contribution in [0, 0.1) is 25.7 Å². The van der Waals surface area contributed by atoms with Crippen molar-refractivity contribution in [2.24, 2.45) is 11.8 Å². The molecule has 156 valence electrons. The van der Waals surface area contributed by atoms with Crippen molar-refractivity contribution in [3.05, 3.63) is 29.1 Å². The molecule has 2 aromatic rings. The zero-order chi connectivity index (χ0) is 20.4. The van der Waals surface area contributed by atoms with Gasteiger partial charge in [-0.2, -0.15) is 10.2 Å². The van der Waals surface area contributed by atoms with E-state index >= 15 is 0 Å². The summed E-state index contributed by atoms with van der Waals surface area (Å²) in [5.74, 6) is 2.43. The number of carbonyl (C=O) groups is 2. The van der Waals surface area contributed by atoms with Gasteiger partial charge in [-0.05, 0) is 51.0 Å². The third-order valence-electron chi connectivity index (χ3n) is 6.10. The quantitative estimate of drug-likeness (QED) is 0.780. The number of piperidine rings is 1. The van der Waals surface area contributed by atoms with E-state index < -0.39 is 0 Å². The van der Waals surface area contributed by atoms with Crippen LogP contribution in [0.5, 0.6) is 0 Å². The third-order valence-corrected chi connectivity index (χ3v) is 6.10. The first-order valence-corrected chi connectivity index (χ1v) is 10.4. The van der Waals surface area contributed by atoms with Gasteiger partial charge >= 0.3 is 0 Å². The molecule has 2 aliphatic rings. The molecule has 0 spiro atoms. The van der Waals surface area contributed by atoms with Gasteiger partial charge < -0.3 is 9.80 Å². The highest BCUT2D eigenvalue weighted by Gasteiger charge is 2.35. The van der Waals surface area contributed by atoms with Crippen molar-refractivity contribution >= 4 is 11.8 Å². The molecule has 0 saturated carbocycles. The molecule has 2 aliphatic heterocycles. The van der Waals surface area contributed by atoms with Crippen LogP contribution in [-0.2, 0) is 22.4 Å². The number of nitrogens with zero attached hydrogens (tertiary/aromatic N) is 5. The molecule has 2 N–H and O–H groups in total. The van der Waals surface area contributed by atoms with Gasteiger partial charge in [-0.3, -0.25) is 19.8 Å². The first-order valence-electron chi connectivity index (χ1n) is 10.4. The Bertz CT molecular complexity index is 874. The van der Waals surface area contributed by atoms with Crippen molar-refractivity contribution in [1.29, 1.82) is 0 Å². The van der Waals surface area contributed by atoms with Crippen molar-refractivity contribution < 1.29 is 9.59 Å². The highest BCUT2D eigenvalue weighted by molar-refractivity contribution is 5.79. The number of nitrogens with one attached hydrogen (secondary N) is 2. The number of amides is 2. The van der Waals surface area contributed by atoms with Gasteiger partial charge in [-0.25, -0.2) is 4.98 Å². The Morgan fingerprint density at radius 2 is 1.72 bits per heavy atom. The number of H-pyrrole nitrogens is 2. The molecule has 2 aromatic heterocycles. The molecule has 0 aliphatic carbocycles. The van der Waals surface area contributed by atoms with E-state index in [1.165, 1.54) is 0 Å². The average molecular weight is 399 g/mol. The zero-order valence-corrected chi connectivity index (χ0v) is 17.1. The molecule has 2 atom stereocenters. The third kappa shape index (κ3) is 4.65. The highest BCUT2D eigenvalue weighted by atomic mass is 16.2. The number of aromatic amines is 2. The van der Waals surface area contributed by atoms with Gasteiger partial charge in [0.1, 0.15) is 5.82 Å². The lowest BCUT2D eigenvalue weighted by molar-refractivity contribution is -0.133. The van der Waals surface area contributed by atoms with Crippen molar-refractivity contribution in [2.75, 3.05) is 26.2 Å². The van der Waals surface area contributed by atoms with E-state index in [1.54, 1.807) is 0 Å². The average Bonchev–Trinajstić information content (AvgIpc) is 3.44. The van der Waals surface area contributed by atoms with E-state index in [9.17, 15) is 9.59 Å². The summed E-state index contributed by atoms with van der Waals surface area (Å²) < 4.78 is 0. The minimum absolute atomic E-state index is 0.0912. The van der Waals surface area contributed by atoms with Crippen LogP contribution in [0.25, 0.3) is 0 Å². The summed E-state index contributed by atoms with van der Waals surface area (Å²) in [5.41, 5.74) is 1.77. The molecule has 9 nitrogen and oxygen atoms in total. The Morgan fingerprint density at radius 3 is 2.41 bits per heavy atom. The monoisotopic (exact) mass is 399 g/mol. The van der Waals surface area contributed by atoms with Gasteiger partial charge in [-0.1, -0.05) is 0 Å². The number of carbonyl (C=O) groups excluding carboxylic acids is 2. The molecule has 0 radical (unpaired) electrons. The molecule has 2 amide bonds. The smallest absolute Gasteiger partial charge is 0.230 e. The predicted molar refractivity (Wildman–Crippen MR) is 106 cm³/mol. The van der Waals surface area contributed by atoms with Gasteiger partial charge in [-0.15, -0.1) is 0 Å². The van der Waals surface area contributed by atoms with Gasteiger partial charge in [0, 0.05) is 31.9 Å². The number of aromatic nitrogens is 5. The van der Waals surface area contributed by atoms with Crippen LogP contribution in [-0.4, -0.2) is 73.2 Å². The minimum Gasteiger partial charge on any atom is -0.342 e. The summed E-state index contributed by atoms with van der Waals surface area (Å²) in [7, 11) is 0.